The summed E-state index contributed by atoms with van der Waals surface area (Å²) in [7, 11) is -3.39. The normalized spacial score (nSPS) is 11.5. The van der Waals surface area contributed by atoms with Gasteiger partial charge in [0.25, 0.3) is 0 Å². The Morgan fingerprint density at radius 2 is 2.05 bits per heavy atom. The molecule has 0 aliphatic heterocycles. The molecule has 1 N–H and O–H groups in total. The third-order valence-electron chi connectivity index (χ3n) is 2.73. The summed E-state index contributed by atoms with van der Waals surface area (Å²) in [6.45, 7) is 4.41. The van der Waals surface area contributed by atoms with Gasteiger partial charge < -0.3 is 5.32 Å². The lowest BCUT2D eigenvalue weighted by Crippen LogP contribution is -2.38. The second kappa shape index (κ2) is 7.79. The lowest BCUT2D eigenvalue weighted by Gasteiger charge is -2.22. The zero-order valence-electron chi connectivity index (χ0n) is 12.5. The number of amides is 1. The zero-order valence-corrected chi connectivity index (χ0v) is 14.9. The van der Waals surface area contributed by atoms with Crippen molar-refractivity contribution in [2.24, 2.45) is 5.92 Å². The Labute approximate surface area is 134 Å². The van der Waals surface area contributed by atoms with Crippen molar-refractivity contribution in [1.82, 2.24) is 5.32 Å². The van der Waals surface area contributed by atoms with E-state index in [-0.39, 0.29) is 24.9 Å². The zero-order chi connectivity index (χ0) is 16.0. The maximum Gasteiger partial charge on any atom is 0.232 e. The number of benzene rings is 1. The molecule has 0 saturated carbocycles. The predicted octanol–water partition coefficient (Wildman–Crippen LogP) is 2.38. The van der Waals surface area contributed by atoms with Gasteiger partial charge in [-0.25, -0.2) is 8.42 Å². The number of hydrogen-bond acceptors (Lipinski definition) is 3. The molecule has 118 valence electrons. The van der Waals surface area contributed by atoms with Crippen molar-refractivity contribution in [2.45, 2.75) is 20.3 Å². The van der Waals surface area contributed by atoms with Crippen LogP contribution in [-0.2, 0) is 14.8 Å². The van der Waals surface area contributed by atoms with Gasteiger partial charge in [0.05, 0.1) is 18.5 Å². The molecule has 7 heteroatoms. The SMILES string of the molecule is CC(C)CC(=O)NCCN(c1cccc(Br)c1)S(C)(=O)=O. The highest BCUT2D eigenvalue weighted by molar-refractivity contribution is 9.10. The standard InChI is InChI=1S/C14H21BrN2O3S/c1-11(2)9-14(18)16-7-8-17(21(3,19)20)13-6-4-5-12(15)10-13/h4-6,10-11H,7-9H2,1-3H3,(H,16,18). The number of carbonyl (C=O) groups is 1. The first-order valence-corrected chi connectivity index (χ1v) is 9.34. The summed E-state index contributed by atoms with van der Waals surface area (Å²) in [5, 5.41) is 2.74. The van der Waals surface area contributed by atoms with Crippen LogP contribution in [0.1, 0.15) is 20.3 Å². The Morgan fingerprint density at radius 1 is 1.38 bits per heavy atom. The highest BCUT2D eigenvalue weighted by Crippen LogP contribution is 2.21. The molecule has 0 heterocycles. The molecule has 0 atom stereocenters. The van der Waals surface area contributed by atoms with Crippen molar-refractivity contribution < 1.29 is 13.2 Å². The molecule has 0 aliphatic carbocycles. The van der Waals surface area contributed by atoms with E-state index in [0.717, 1.165) is 10.7 Å². The third-order valence-corrected chi connectivity index (χ3v) is 4.41. The molecule has 1 rings (SSSR count). The summed E-state index contributed by atoms with van der Waals surface area (Å²) in [5.74, 6) is 0.216. The molecular formula is C14H21BrN2O3S. The number of nitrogens with one attached hydrogen (secondary N) is 1. The molecule has 0 saturated heterocycles. The fourth-order valence-electron chi connectivity index (χ4n) is 1.86. The molecule has 5 nitrogen and oxygen atoms in total. The molecule has 0 radical (unpaired) electrons. The Hall–Kier alpha value is -1.08. The summed E-state index contributed by atoms with van der Waals surface area (Å²) in [5.41, 5.74) is 0.574. The van der Waals surface area contributed by atoms with Crippen LogP contribution in [0.5, 0.6) is 0 Å². The van der Waals surface area contributed by atoms with E-state index >= 15 is 0 Å². The van der Waals surface area contributed by atoms with Crippen LogP contribution in [0.2, 0.25) is 0 Å². The van der Waals surface area contributed by atoms with E-state index in [0.29, 0.717) is 12.1 Å². The second-order valence-corrected chi connectivity index (χ2v) is 8.09. The molecule has 1 aromatic rings. The van der Waals surface area contributed by atoms with Gasteiger partial charge in [-0.05, 0) is 24.1 Å². The van der Waals surface area contributed by atoms with Crippen LogP contribution < -0.4 is 9.62 Å². The number of rotatable bonds is 7. The molecule has 0 aromatic heterocycles. The van der Waals surface area contributed by atoms with Gasteiger partial charge >= 0.3 is 0 Å². The summed E-state index contributed by atoms with van der Waals surface area (Å²) < 4.78 is 25.9. The number of sulfonamides is 1. The maximum atomic E-state index is 11.9. The number of halogens is 1. The highest BCUT2D eigenvalue weighted by atomic mass is 79.9. The summed E-state index contributed by atoms with van der Waals surface area (Å²) in [4.78, 5) is 11.6. The van der Waals surface area contributed by atoms with Crippen molar-refractivity contribution in [3.8, 4) is 0 Å². The summed E-state index contributed by atoms with van der Waals surface area (Å²) in [6.07, 6.45) is 1.60. The van der Waals surface area contributed by atoms with E-state index in [1.165, 1.54) is 4.31 Å². The van der Waals surface area contributed by atoms with Gasteiger partial charge in [0.2, 0.25) is 15.9 Å². The maximum absolute atomic E-state index is 11.9. The topological polar surface area (TPSA) is 66.5 Å². The Kier molecular flexibility index (Phi) is 6.67. The smallest absolute Gasteiger partial charge is 0.232 e. The fraction of sp³-hybridized carbons (Fsp3) is 0.500. The Balaban J connectivity index is 2.71. The van der Waals surface area contributed by atoms with Crippen LogP contribution in [0.15, 0.2) is 28.7 Å². The van der Waals surface area contributed by atoms with Gasteiger partial charge in [-0.2, -0.15) is 0 Å². The summed E-state index contributed by atoms with van der Waals surface area (Å²) in [6, 6.07) is 7.06. The Morgan fingerprint density at radius 3 is 2.57 bits per heavy atom. The monoisotopic (exact) mass is 376 g/mol. The molecule has 1 amide bonds. The van der Waals surface area contributed by atoms with Gasteiger partial charge in [0, 0.05) is 17.4 Å². The number of anilines is 1. The largest absolute Gasteiger partial charge is 0.354 e. The van der Waals surface area contributed by atoms with Crippen LogP contribution in [0.4, 0.5) is 5.69 Å². The highest BCUT2D eigenvalue weighted by Gasteiger charge is 2.17. The molecule has 0 bridgehead atoms. The second-order valence-electron chi connectivity index (χ2n) is 5.26. The predicted molar refractivity (Wildman–Crippen MR) is 88.8 cm³/mol. The minimum Gasteiger partial charge on any atom is -0.354 e. The molecule has 1 aromatic carbocycles. The average Bonchev–Trinajstić information content (AvgIpc) is 2.32. The van der Waals surface area contributed by atoms with Crippen LogP contribution in [0, 0.1) is 5.92 Å². The quantitative estimate of drug-likeness (QED) is 0.794. The van der Waals surface area contributed by atoms with Crippen molar-refractivity contribution >= 4 is 37.5 Å². The van der Waals surface area contributed by atoms with E-state index in [4.69, 9.17) is 0 Å². The lowest BCUT2D eigenvalue weighted by atomic mass is 10.1. The van der Waals surface area contributed by atoms with Crippen molar-refractivity contribution in [3.05, 3.63) is 28.7 Å². The first kappa shape index (κ1) is 18.0. The fourth-order valence-corrected chi connectivity index (χ4v) is 3.16. The molecule has 21 heavy (non-hydrogen) atoms. The van der Waals surface area contributed by atoms with Crippen molar-refractivity contribution in [2.75, 3.05) is 23.7 Å². The first-order chi connectivity index (χ1) is 9.70. The minimum atomic E-state index is -3.39. The summed E-state index contributed by atoms with van der Waals surface area (Å²) >= 11 is 3.32. The number of nitrogens with zero attached hydrogens (tertiary/aromatic N) is 1. The average molecular weight is 377 g/mol. The van der Waals surface area contributed by atoms with Crippen LogP contribution >= 0.6 is 15.9 Å². The van der Waals surface area contributed by atoms with Gasteiger partial charge in [-0.3, -0.25) is 9.10 Å². The van der Waals surface area contributed by atoms with Crippen LogP contribution in [0.3, 0.4) is 0 Å². The van der Waals surface area contributed by atoms with Gasteiger partial charge in [0.1, 0.15) is 0 Å². The van der Waals surface area contributed by atoms with Gasteiger partial charge in [-0.1, -0.05) is 35.8 Å². The number of carbonyl (C=O) groups excluding carboxylic acids is 1. The van der Waals surface area contributed by atoms with E-state index in [1.807, 2.05) is 19.9 Å². The molecule has 0 unspecified atom stereocenters. The van der Waals surface area contributed by atoms with Crippen LogP contribution in [0.25, 0.3) is 0 Å². The number of hydrogen-bond donors (Lipinski definition) is 1. The Bertz CT molecular complexity index is 588. The molecule has 0 fully saturated rings. The molecule has 0 aliphatic rings. The van der Waals surface area contributed by atoms with E-state index in [9.17, 15) is 13.2 Å². The van der Waals surface area contributed by atoms with Gasteiger partial charge in [0.15, 0.2) is 0 Å². The van der Waals surface area contributed by atoms with Crippen LogP contribution in [-0.4, -0.2) is 33.7 Å². The first-order valence-electron chi connectivity index (χ1n) is 6.70. The van der Waals surface area contributed by atoms with Crippen molar-refractivity contribution in [3.63, 3.8) is 0 Å². The van der Waals surface area contributed by atoms with Gasteiger partial charge in [-0.15, -0.1) is 0 Å². The van der Waals surface area contributed by atoms with Crippen molar-refractivity contribution in [1.29, 1.82) is 0 Å². The van der Waals surface area contributed by atoms with E-state index < -0.39 is 10.0 Å². The lowest BCUT2D eigenvalue weighted by molar-refractivity contribution is -0.121. The van der Waals surface area contributed by atoms with E-state index in [1.54, 1.807) is 18.2 Å². The van der Waals surface area contributed by atoms with E-state index in [2.05, 4.69) is 21.2 Å². The third kappa shape index (κ3) is 6.48. The molecule has 0 spiro atoms. The minimum absolute atomic E-state index is 0.0623. The molecular weight excluding hydrogens is 356 g/mol.